The lowest BCUT2D eigenvalue weighted by molar-refractivity contribution is 0.0205. The highest BCUT2D eigenvalue weighted by molar-refractivity contribution is 5.99. The average Bonchev–Trinajstić information content (AvgIpc) is 2.91. The summed E-state index contributed by atoms with van der Waals surface area (Å²) in [6.07, 6.45) is 2.04. The van der Waals surface area contributed by atoms with Crippen molar-refractivity contribution in [2.24, 2.45) is 0 Å². The molecule has 1 unspecified atom stereocenters. The molecule has 1 amide bonds. The second-order valence-electron chi connectivity index (χ2n) is 5.54. The smallest absolute Gasteiger partial charge is 0.255 e. The van der Waals surface area contributed by atoms with E-state index in [0.717, 1.165) is 31.7 Å². The molecular formula is C15H20N2O3. The topological polar surface area (TPSA) is 59.6 Å². The zero-order valence-electron chi connectivity index (χ0n) is 11.7. The summed E-state index contributed by atoms with van der Waals surface area (Å²) in [6.45, 7) is 4.70. The van der Waals surface area contributed by atoms with E-state index in [9.17, 15) is 4.79 Å². The van der Waals surface area contributed by atoms with Crippen molar-refractivity contribution in [3.63, 3.8) is 0 Å². The highest BCUT2D eigenvalue weighted by Gasteiger charge is 2.30. The average molecular weight is 276 g/mol. The van der Waals surface area contributed by atoms with E-state index < -0.39 is 0 Å². The van der Waals surface area contributed by atoms with Crippen LogP contribution in [0, 0.1) is 0 Å². The Morgan fingerprint density at radius 1 is 1.45 bits per heavy atom. The summed E-state index contributed by atoms with van der Waals surface area (Å²) in [4.78, 5) is 12.3. The molecule has 1 saturated heterocycles. The fourth-order valence-corrected chi connectivity index (χ4v) is 2.69. The number of carbonyl (C=O) groups excluding carboxylic acids is 1. The summed E-state index contributed by atoms with van der Waals surface area (Å²) in [6, 6.07) is 5.58. The normalized spacial score (nSPS) is 24.4. The number of rotatable bonds is 3. The Morgan fingerprint density at radius 3 is 3.15 bits per heavy atom. The van der Waals surface area contributed by atoms with Crippen molar-refractivity contribution in [2.45, 2.75) is 25.4 Å². The lowest BCUT2D eigenvalue weighted by Crippen LogP contribution is -2.40. The number of benzene rings is 1. The van der Waals surface area contributed by atoms with E-state index in [-0.39, 0.29) is 11.5 Å². The molecule has 0 radical (unpaired) electrons. The molecule has 0 aliphatic carbocycles. The highest BCUT2D eigenvalue weighted by atomic mass is 16.5. The first-order valence-corrected chi connectivity index (χ1v) is 7.10. The maximum atomic E-state index is 12.3. The number of nitrogens with one attached hydrogen (secondary N) is 2. The predicted molar refractivity (Wildman–Crippen MR) is 76.4 cm³/mol. The van der Waals surface area contributed by atoms with Gasteiger partial charge in [0, 0.05) is 19.7 Å². The summed E-state index contributed by atoms with van der Waals surface area (Å²) in [7, 11) is 0. The molecule has 2 aliphatic rings. The fraction of sp³-hybridized carbons (Fsp3) is 0.533. The van der Waals surface area contributed by atoms with Crippen LogP contribution in [0.15, 0.2) is 18.2 Å². The third kappa shape index (κ3) is 2.58. The Kier molecular flexibility index (Phi) is 3.53. The molecule has 1 atom stereocenters. The van der Waals surface area contributed by atoms with Gasteiger partial charge in [0.15, 0.2) is 5.75 Å². The van der Waals surface area contributed by atoms with Gasteiger partial charge in [-0.05, 0) is 31.9 Å². The van der Waals surface area contributed by atoms with Crippen LogP contribution in [0.4, 0.5) is 5.69 Å². The number of fused-ring (bicyclic) bond motifs is 1. The number of amides is 1. The lowest BCUT2D eigenvalue weighted by Gasteiger charge is -2.25. The van der Waals surface area contributed by atoms with Gasteiger partial charge < -0.3 is 20.1 Å². The quantitative estimate of drug-likeness (QED) is 0.883. The largest absolute Gasteiger partial charge is 0.489 e. The van der Waals surface area contributed by atoms with Crippen LogP contribution in [-0.2, 0) is 4.74 Å². The van der Waals surface area contributed by atoms with Crippen molar-refractivity contribution in [3.8, 4) is 5.75 Å². The summed E-state index contributed by atoms with van der Waals surface area (Å²) >= 11 is 0. The number of para-hydroxylation sites is 1. The van der Waals surface area contributed by atoms with Crippen molar-refractivity contribution in [2.75, 3.05) is 31.6 Å². The minimum absolute atomic E-state index is 0.109. The molecule has 2 N–H and O–H groups in total. The van der Waals surface area contributed by atoms with Crippen LogP contribution < -0.4 is 15.4 Å². The van der Waals surface area contributed by atoms with Gasteiger partial charge in [0.25, 0.3) is 5.91 Å². The SMILES string of the molecule is CC1(CNC(=O)c2cccc3c2OCCN3)CCCO1. The van der Waals surface area contributed by atoms with Gasteiger partial charge in [0.2, 0.25) is 0 Å². The molecule has 1 fully saturated rings. The van der Waals surface area contributed by atoms with E-state index in [1.807, 2.05) is 19.1 Å². The van der Waals surface area contributed by atoms with Crippen LogP contribution in [0.2, 0.25) is 0 Å². The lowest BCUT2D eigenvalue weighted by atomic mass is 10.0. The fourth-order valence-electron chi connectivity index (χ4n) is 2.69. The Bertz CT molecular complexity index is 510. The number of hydrogen-bond donors (Lipinski definition) is 2. The summed E-state index contributed by atoms with van der Waals surface area (Å²) in [5.41, 5.74) is 1.23. The predicted octanol–water partition coefficient (Wildman–Crippen LogP) is 1.79. The maximum absolute atomic E-state index is 12.3. The van der Waals surface area contributed by atoms with E-state index in [4.69, 9.17) is 9.47 Å². The van der Waals surface area contributed by atoms with Crippen molar-refractivity contribution in [3.05, 3.63) is 23.8 Å². The number of hydrogen-bond acceptors (Lipinski definition) is 4. The number of carbonyl (C=O) groups is 1. The first-order valence-electron chi connectivity index (χ1n) is 7.10. The first kappa shape index (κ1) is 13.2. The van der Waals surface area contributed by atoms with Crippen molar-refractivity contribution in [1.82, 2.24) is 5.32 Å². The zero-order chi connectivity index (χ0) is 14.0. The molecule has 108 valence electrons. The van der Waals surface area contributed by atoms with E-state index in [1.165, 1.54) is 0 Å². The van der Waals surface area contributed by atoms with Crippen molar-refractivity contribution >= 4 is 11.6 Å². The molecule has 3 rings (SSSR count). The summed E-state index contributed by atoms with van der Waals surface area (Å²) in [5, 5.41) is 6.19. The minimum atomic E-state index is -0.233. The molecule has 1 aromatic carbocycles. The molecule has 20 heavy (non-hydrogen) atoms. The second-order valence-corrected chi connectivity index (χ2v) is 5.54. The van der Waals surface area contributed by atoms with Crippen molar-refractivity contribution in [1.29, 1.82) is 0 Å². The zero-order valence-corrected chi connectivity index (χ0v) is 11.7. The van der Waals surface area contributed by atoms with E-state index in [0.29, 0.717) is 24.5 Å². The number of ether oxygens (including phenoxy) is 2. The monoisotopic (exact) mass is 276 g/mol. The second kappa shape index (κ2) is 5.32. The van der Waals surface area contributed by atoms with Gasteiger partial charge in [-0.1, -0.05) is 6.07 Å². The first-order chi connectivity index (χ1) is 9.68. The van der Waals surface area contributed by atoms with Gasteiger partial charge in [0.1, 0.15) is 6.61 Å². The Balaban J connectivity index is 1.71. The van der Waals surface area contributed by atoms with E-state index >= 15 is 0 Å². The van der Waals surface area contributed by atoms with Gasteiger partial charge >= 0.3 is 0 Å². The van der Waals surface area contributed by atoms with Gasteiger partial charge in [-0.25, -0.2) is 0 Å². The van der Waals surface area contributed by atoms with Crippen LogP contribution in [0.3, 0.4) is 0 Å². The van der Waals surface area contributed by atoms with Crippen LogP contribution in [0.25, 0.3) is 0 Å². The maximum Gasteiger partial charge on any atom is 0.255 e. The molecular weight excluding hydrogens is 256 g/mol. The van der Waals surface area contributed by atoms with Gasteiger partial charge in [-0.3, -0.25) is 4.79 Å². The summed E-state index contributed by atoms with van der Waals surface area (Å²) in [5.74, 6) is 0.538. The molecule has 5 nitrogen and oxygen atoms in total. The molecule has 5 heteroatoms. The molecule has 2 aliphatic heterocycles. The van der Waals surface area contributed by atoms with Crippen LogP contribution in [0.1, 0.15) is 30.1 Å². The van der Waals surface area contributed by atoms with E-state index in [2.05, 4.69) is 10.6 Å². The minimum Gasteiger partial charge on any atom is -0.489 e. The van der Waals surface area contributed by atoms with Gasteiger partial charge in [-0.15, -0.1) is 0 Å². The summed E-state index contributed by atoms with van der Waals surface area (Å²) < 4.78 is 11.3. The van der Waals surface area contributed by atoms with Crippen LogP contribution >= 0.6 is 0 Å². The highest BCUT2D eigenvalue weighted by Crippen LogP contribution is 2.31. The van der Waals surface area contributed by atoms with E-state index in [1.54, 1.807) is 6.07 Å². The molecule has 0 spiro atoms. The van der Waals surface area contributed by atoms with Gasteiger partial charge in [-0.2, -0.15) is 0 Å². The molecule has 1 aromatic rings. The molecule has 0 saturated carbocycles. The third-order valence-electron chi connectivity index (χ3n) is 3.85. The standard InChI is InChI=1S/C15H20N2O3/c1-15(6-3-8-20-15)10-17-14(18)11-4-2-5-12-13(11)19-9-7-16-12/h2,4-5,16H,3,6-10H2,1H3,(H,17,18). The van der Waals surface area contributed by atoms with Crippen molar-refractivity contribution < 1.29 is 14.3 Å². The molecule has 0 aromatic heterocycles. The molecule has 2 heterocycles. The number of anilines is 1. The van der Waals surface area contributed by atoms with Crippen LogP contribution in [0.5, 0.6) is 5.75 Å². The van der Waals surface area contributed by atoms with Crippen LogP contribution in [-0.4, -0.2) is 37.8 Å². The van der Waals surface area contributed by atoms with Gasteiger partial charge in [0.05, 0.1) is 16.9 Å². The Morgan fingerprint density at radius 2 is 2.35 bits per heavy atom. The third-order valence-corrected chi connectivity index (χ3v) is 3.85. The Hall–Kier alpha value is -1.75. The Labute approximate surface area is 118 Å². The molecule has 0 bridgehead atoms.